The Hall–Kier alpha value is -3.91. The summed E-state index contributed by atoms with van der Waals surface area (Å²) in [6.07, 6.45) is 5.00. The van der Waals surface area contributed by atoms with Crippen LogP contribution in [-0.2, 0) is 9.59 Å². The summed E-state index contributed by atoms with van der Waals surface area (Å²) in [5.74, 6) is -0.350. The molecule has 1 aliphatic heterocycles. The Morgan fingerprint density at radius 1 is 1.05 bits per heavy atom. The molecule has 2 aliphatic rings. The molecule has 0 unspecified atom stereocenters. The Morgan fingerprint density at radius 3 is 2.56 bits per heavy atom. The molecule has 2 fully saturated rings. The molecule has 2 amide bonds. The van der Waals surface area contributed by atoms with Gasteiger partial charge in [0.1, 0.15) is 11.9 Å². The number of ketones is 1. The third kappa shape index (κ3) is 6.95. The third-order valence-corrected chi connectivity index (χ3v) is 7.44. The zero-order valence-electron chi connectivity index (χ0n) is 21.8. The first-order valence-electron chi connectivity index (χ1n) is 13.6. The highest BCUT2D eigenvalue weighted by Gasteiger charge is 2.37. The van der Waals surface area contributed by atoms with Gasteiger partial charge in [0, 0.05) is 42.2 Å². The lowest BCUT2D eigenvalue weighted by Crippen LogP contribution is -2.51. The molecule has 2 aromatic carbocycles. The van der Waals surface area contributed by atoms with E-state index in [2.05, 4.69) is 15.6 Å². The van der Waals surface area contributed by atoms with Crippen molar-refractivity contribution in [2.45, 2.75) is 50.1 Å². The number of nitrogens with zero attached hydrogens (tertiary/aromatic N) is 2. The quantitative estimate of drug-likeness (QED) is 0.387. The van der Waals surface area contributed by atoms with Crippen molar-refractivity contribution in [2.75, 3.05) is 19.6 Å². The van der Waals surface area contributed by atoms with E-state index < -0.39 is 6.04 Å². The van der Waals surface area contributed by atoms with Crippen molar-refractivity contribution in [3.8, 4) is 11.3 Å². The van der Waals surface area contributed by atoms with Crippen molar-refractivity contribution in [3.05, 3.63) is 89.9 Å². The van der Waals surface area contributed by atoms with Crippen LogP contribution in [-0.4, -0.2) is 59.2 Å². The van der Waals surface area contributed by atoms with Crippen molar-refractivity contribution in [1.29, 1.82) is 0 Å². The Kier molecular flexibility index (Phi) is 8.42. The second kappa shape index (κ2) is 12.3. The zero-order chi connectivity index (χ0) is 27.2. The van der Waals surface area contributed by atoms with Crippen molar-refractivity contribution in [3.63, 3.8) is 0 Å². The summed E-state index contributed by atoms with van der Waals surface area (Å²) >= 11 is 0. The standard InChI is InChI=1S/C31H33FN4O3/c32-24-14-12-21(13-15-24)26-19-29(26)34-17-3-7-28(31(39)36-18-4-5-25(37)20-36)35-30(38)23-10-8-22(9-11-23)27-6-1-2-16-33-27/h1-2,6,8-16,26,28-29,34H,3-5,7,17-20H2,(H,35,38)/t26-,28-,29+/m0/s1. The number of likely N-dealkylation sites (tertiary alicyclic amines) is 1. The predicted octanol–water partition coefficient (Wildman–Crippen LogP) is 4.10. The first-order valence-corrected chi connectivity index (χ1v) is 13.6. The van der Waals surface area contributed by atoms with Gasteiger partial charge in [0.05, 0.1) is 12.2 Å². The molecule has 8 heteroatoms. The van der Waals surface area contributed by atoms with Crippen LogP contribution in [0.15, 0.2) is 72.9 Å². The van der Waals surface area contributed by atoms with E-state index in [1.165, 1.54) is 12.1 Å². The second-order valence-corrected chi connectivity index (χ2v) is 10.3. The summed E-state index contributed by atoms with van der Waals surface area (Å²) in [7, 11) is 0. The van der Waals surface area contributed by atoms with E-state index in [4.69, 9.17) is 0 Å². The Morgan fingerprint density at radius 2 is 1.85 bits per heavy atom. The molecule has 1 aliphatic carbocycles. The average Bonchev–Trinajstić information content (AvgIpc) is 3.74. The van der Waals surface area contributed by atoms with Gasteiger partial charge in [-0.25, -0.2) is 4.39 Å². The number of carbonyl (C=O) groups is 3. The number of aromatic nitrogens is 1. The minimum Gasteiger partial charge on any atom is -0.340 e. The van der Waals surface area contributed by atoms with Crippen LogP contribution in [0.5, 0.6) is 0 Å². The summed E-state index contributed by atoms with van der Waals surface area (Å²) in [4.78, 5) is 44.4. The van der Waals surface area contributed by atoms with Crippen LogP contribution in [0.2, 0.25) is 0 Å². The van der Waals surface area contributed by atoms with Gasteiger partial charge in [-0.15, -0.1) is 0 Å². The van der Waals surface area contributed by atoms with Crippen LogP contribution in [0.3, 0.4) is 0 Å². The molecule has 202 valence electrons. The van der Waals surface area contributed by atoms with E-state index in [9.17, 15) is 18.8 Å². The molecular weight excluding hydrogens is 495 g/mol. The van der Waals surface area contributed by atoms with Crippen LogP contribution in [0.25, 0.3) is 11.3 Å². The maximum absolute atomic E-state index is 13.4. The number of rotatable bonds is 10. The van der Waals surface area contributed by atoms with Crippen molar-refractivity contribution >= 4 is 17.6 Å². The molecule has 7 nitrogen and oxygen atoms in total. The van der Waals surface area contributed by atoms with Gasteiger partial charge < -0.3 is 15.5 Å². The first kappa shape index (κ1) is 26.7. The van der Waals surface area contributed by atoms with Gasteiger partial charge >= 0.3 is 0 Å². The SMILES string of the molecule is O=C1CCCN(C(=O)[C@H](CCCN[C@@H]2C[C@H]2c2ccc(F)cc2)NC(=O)c2ccc(-c3ccccn3)cc2)C1. The lowest BCUT2D eigenvalue weighted by atomic mass is 10.0. The van der Waals surface area contributed by atoms with E-state index in [0.29, 0.717) is 56.3 Å². The number of piperidine rings is 1. The van der Waals surface area contributed by atoms with E-state index in [0.717, 1.165) is 23.2 Å². The number of halogens is 1. The smallest absolute Gasteiger partial charge is 0.251 e. The Labute approximate surface area is 227 Å². The van der Waals surface area contributed by atoms with Crippen molar-refractivity contribution < 1.29 is 18.8 Å². The molecule has 1 saturated carbocycles. The minimum absolute atomic E-state index is 0.0482. The van der Waals surface area contributed by atoms with Gasteiger partial charge in [-0.3, -0.25) is 19.4 Å². The molecule has 0 bridgehead atoms. The second-order valence-electron chi connectivity index (χ2n) is 10.3. The van der Waals surface area contributed by atoms with Gasteiger partial charge in [-0.05, 0) is 74.2 Å². The van der Waals surface area contributed by atoms with Crippen LogP contribution in [0.4, 0.5) is 4.39 Å². The highest BCUT2D eigenvalue weighted by molar-refractivity contribution is 5.98. The Balaban J connectivity index is 1.18. The maximum atomic E-state index is 13.4. The summed E-state index contributed by atoms with van der Waals surface area (Å²) in [6, 6.07) is 19.1. The number of benzene rings is 2. The average molecular weight is 529 g/mol. The van der Waals surface area contributed by atoms with E-state index >= 15 is 0 Å². The van der Waals surface area contributed by atoms with Crippen LogP contribution < -0.4 is 10.6 Å². The summed E-state index contributed by atoms with van der Waals surface area (Å²) in [6.45, 7) is 1.32. The summed E-state index contributed by atoms with van der Waals surface area (Å²) in [5, 5.41) is 6.44. The molecule has 2 N–H and O–H groups in total. The van der Waals surface area contributed by atoms with Gasteiger partial charge in [-0.2, -0.15) is 0 Å². The molecule has 1 saturated heterocycles. The fraction of sp³-hybridized carbons (Fsp3) is 0.355. The molecule has 3 aromatic rings. The molecule has 5 rings (SSSR count). The number of Topliss-reactive ketones (excluding diaryl/α,β-unsaturated/α-hetero) is 1. The number of nitrogens with one attached hydrogen (secondary N) is 2. The fourth-order valence-electron chi connectivity index (χ4n) is 5.16. The first-order chi connectivity index (χ1) is 19.0. The number of hydrogen-bond donors (Lipinski definition) is 2. The van der Waals surface area contributed by atoms with E-state index in [1.807, 2.05) is 42.5 Å². The van der Waals surface area contributed by atoms with Crippen LogP contribution in [0, 0.1) is 5.82 Å². The van der Waals surface area contributed by atoms with Crippen LogP contribution in [0.1, 0.15) is 53.9 Å². The van der Waals surface area contributed by atoms with Crippen LogP contribution >= 0.6 is 0 Å². The molecule has 1 aromatic heterocycles. The Bertz CT molecular complexity index is 1300. The minimum atomic E-state index is -0.715. The monoisotopic (exact) mass is 528 g/mol. The highest BCUT2D eigenvalue weighted by Crippen LogP contribution is 2.40. The zero-order valence-corrected chi connectivity index (χ0v) is 21.8. The topological polar surface area (TPSA) is 91.4 Å². The summed E-state index contributed by atoms with van der Waals surface area (Å²) in [5.41, 5.74) is 3.30. The lowest BCUT2D eigenvalue weighted by Gasteiger charge is -2.30. The number of amides is 2. The van der Waals surface area contributed by atoms with Crippen molar-refractivity contribution in [2.24, 2.45) is 0 Å². The largest absolute Gasteiger partial charge is 0.340 e. The summed E-state index contributed by atoms with van der Waals surface area (Å²) < 4.78 is 13.2. The van der Waals surface area contributed by atoms with Gasteiger partial charge in [-0.1, -0.05) is 30.3 Å². The van der Waals surface area contributed by atoms with Gasteiger partial charge in [0.15, 0.2) is 5.78 Å². The molecular formula is C31H33FN4O3. The maximum Gasteiger partial charge on any atom is 0.251 e. The van der Waals surface area contributed by atoms with Crippen molar-refractivity contribution in [1.82, 2.24) is 20.5 Å². The number of pyridine rings is 1. The lowest BCUT2D eigenvalue weighted by molar-refractivity contribution is -0.139. The molecule has 3 atom stereocenters. The number of carbonyl (C=O) groups excluding carboxylic acids is 3. The molecule has 39 heavy (non-hydrogen) atoms. The molecule has 0 spiro atoms. The number of hydrogen-bond acceptors (Lipinski definition) is 5. The molecule has 0 radical (unpaired) electrons. The fourth-order valence-corrected chi connectivity index (χ4v) is 5.16. The van der Waals surface area contributed by atoms with E-state index in [-0.39, 0.29) is 30.0 Å². The normalized spacial score (nSPS) is 19.4. The van der Waals surface area contributed by atoms with Gasteiger partial charge in [0.2, 0.25) is 5.91 Å². The highest BCUT2D eigenvalue weighted by atomic mass is 19.1. The van der Waals surface area contributed by atoms with Gasteiger partial charge in [0.25, 0.3) is 5.91 Å². The van der Waals surface area contributed by atoms with E-state index in [1.54, 1.807) is 23.2 Å². The molecule has 2 heterocycles. The predicted molar refractivity (Wildman–Crippen MR) is 147 cm³/mol. The third-order valence-electron chi connectivity index (χ3n) is 7.44.